The summed E-state index contributed by atoms with van der Waals surface area (Å²) in [7, 11) is 0. The standard InChI is InChI=1S/C20H31NO2S/c1-3-7-16-14-19(24-15(16)2)20(22)21-12-10-18(11-13-21)23-17-8-5-4-6-9-17/h14,17-18H,3-13H2,1-2H3. The highest BCUT2D eigenvalue weighted by atomic mass is 32.1. The van der Waals surface area contributed by atoms with E-state index in [-0.39, 0.29) is 5.91 Å². The molecule has 3 rings (SSSR count). The number of piperidine rings is 1. The average molecular weight is 350 g/mol. The summed E-state index contributed by atoms with van der Waals surface area (Å²) >= 11 is 1.66. The van der Waals surface area contributed by atoms with E-state index in [1.807, 2.05) is 4.90 Å². The lowest BCUT2D eigenvalue weighted by atomic mass is 9.97. The summed E-state index contributed by atoms with van der Waals surface area (Å²) in [6.07, 6.45) is 11.5. The molecule has 1 aromatic rings. The second-order valence-corrected chi connectivity index (χ2v) is 8.59. The minimum atomic E-state index is 0.224. The van der Waals surface area contributed by atoms with Gasteiger partial charge in [-0.2, -0.15) is 0 Å². The second kappa shape index (κ2) is 8.48. The van der Waals surface area contributed by atoms with Crippen LogP contribution >= 0.6 is 11.3 Å². The average Bonchev–Trinajstić information content (AvgIpc) is 2.97. The number of hydrogen-bond acceptors (Lipinski definition) is 3. The molecule has 0 aromatic carbocycles. The molecule has 2 heterocycles. The molecule has 134 valence electrons. The first kappa shape index (κ1) is 17.9. The van der Waals surface area contributed by atoms with Crippen LogP contribution < -0.4 is 0 Å². The predicted molar refractivity (Wildman–Crippen MR) is 99.9 cm³/mol. The van der Waals surface area contributed by atoms with Crippen molar-refractivity contribution in [2.75, 3.05) is 13.1 Å². The van der Waals surface area contributed by atoms with Crippen LogP contribution in [0.25, 0.3) is 0 Å². The van der Waals surface area contributed by atoms with Crippen molar-refractivity contribution in [2.24, 2.45) is 0 Å². The molecule has 0 radical (unpaired) electrons. The van der Waals surface area contributed by atoms with Gasteiger partial charge >= 0.3 is 0 Å². The van der Waals surface area contributed by atoms with Gasteiger partial charge in [0, 0.05) is 18.0 Å². The highest BCUT2D eigenvalue weighted by Gasteiger charge is 2.27. The van der Waals surface area contributed by atoms with Gasteiger partial charge in [-0.25, -0.2) is 0 Å². The van der Waals surface area contributed by atoms with E-state index in [2.05, 4.69) is 19.9 Å². The molecule has 1 aliphatic heterocycles. The Morgan fingerprint density at radius 2 is 1.83 bits per heavy atom. The summed E-state index contributed by atoms with van der Waals surface area (Å²) < 4.78 is 6.29. The van der Waals surface area contributed by atoms with E-state index in [1.54, 1.807) is 11.3 Å². The minimum Gasteiger partial charge on any atom is -0.375 e. The molecule has 24 heavy (non-hydrogen) atoms. The van der Waals surface area contributed by atoms with Gasteiger partial charge in [0.2, 0.25) is 0 Å². The summed E-state index contributed by atoms with van der Waals surface area (Å²) in [5, 5.41) is 0. The van der Waals surface area contributed by atoms with Gasteiger partial charge in [0.05, 0.1) is 17.1 Å². The van der Waals surface area contributed by atoms with Crippen molar-refractivity contribution >= 4 is 17.2 Å². The Morgan fingerprint density at radius 1 is 1.17 bits per heavy atom. The number of ether oxygens (including phenoxy) is 1. The van der Waals surface area contributed by atoms with Crippen molar-refractivity contribution in [1.82, 2.24) is 4.90 Å². The molecule has 1 saturated heterocycles. The van der Waals surface area contributed by atoms with Gasteiger partial charge in [-0.3, -0.25) is 4.79 Å². The van der Waals surface area contributed by atoms with Crippen LogP contribution in [0.5, 0.6) is 0 Å². The lowest BCUT2D eigenvalue weighted by molar-refractivity contribution is -0.0526. The lowest BCUT2D eigenvalue weighted by Gasteiger charge is -2.34. The number of carbonyl (C=O) groups excluding carboxylic acids is 1. The molecule has 1 aliphatic carbocycles. The van der Waals surface area contributed by atoms with E-state index in [0.717, 1.165) is 43.6 Å². The van der Waals surface area contributed by atoms with Gasteiger partial charge in [-0.1, -0.05) is 32.6 Å². The van der Waals surface area contributed by atoms with Crippen LogP contribution in [0, 0.1) is 6.92 Å². The molecule has 1 saturated carbocycles. The minimum absolute atomic E-state index is 0.224. The maximum absolute atomic E-state index is 12.8. The largest absolute Gasteiger partial charge is 0.375 e. The predicted octanol–water partition coefficient (Wildman–Crippen LogP) is 4.96. The number of aryl methyl sites for hydroxylation is 2. The molecule has 1 aromatic heterocycles. The van der Waals surface area contributed by atoms with Crippen molar-refractivity contribution in [3.05, 3.63) is 21.4 Å². The Bertz CT molecular complexity index is 540. The summed E-state index contributed by atoms with van der Waals surface area (Å²) in [5.41, 5.74) is 1.35. The van der Waals surface area contributed by atoms with Crippen molar-refractivity contribution in [2.45, 2.75) is 83.8 Å². The van der Waals surface area contributed by atoms with Crippen LogP contribution in [0.4, 0.5) is 0 Å². The first-order valence-electron chi connectivity index (χ1n) is 9.71. The zero-order valence-corrected chi connectivity index (χ0v) is 16.0. The van der Waals surface area contributed by atoms with Crippen LogP contribution in [0.2, 0.25) is 0 Å². The van der Waals surface area contributed by atoms with Crippen LogP contribution in [-0.4, -0.2) is 36.1 Å². The fraction of sp³-hybridized carbons (Fsp3) is 0.750. The number of likely N-dealkylation sites (tertiary alicyclic amines) is 1. The molecular formula is C20H31NO2S. The van der Waals surface area contributed by atoms with Gasteiger partial charge in [-0.05, 0) is 50.7 Å². The summed E-state index contributed by atoms with van der Waals surface area (Å²) in [6.45, 7) is 6.01. The third-order valence-electron chi connectivity index (χ3n) is 5.42. The first-order valence-corrected chi connectivity index (χ1v) is 10.5. The summed E-state index contributed by atoms with van der Waals surface area (Å²) in [4.78, 5) is 17.0. The molecule has 0 atom stereocenters. The third kappa shape index (κ3) is 4.40. The second-order valence-electron chi connectivity index (χ2n) is 7.33. The van der Waals surface area contributed by atoms with Crippen LogP contribution in [0.1, 0.15) is 78.4 Å². The molecule has 4 heteroatoms. The Labute approximate surface area is 150 Å². The normalized spacial score (nSPS) is 20.5. The number of amides is 1. The first-order chi connectivity index (χ1) is 11.7. The van der Waals surface area contributed by atoms with E-state index < -0.39 is 0 Å². The lowest BCUT2D eigenvalue weighted by Crippen LogP contribution is -2.41. The fourth-order valence-corrected chi connectivity index (χ4v) is 5.01. The van der Waals surface area contributed by atoms with E-state index in [0.29, 0.717) is 12.2 Å². The SMILES string of the molecule is CCCc1cc(C(=O)N2CCC(OC3CCCCC3)CC2)sc1C. The fourth-order valence-electron chi connectivity index (χ4n) is 3.97. The molecule has 0 spiro atoms. The third-order valence-corrected chi connectivity index (χ3v) is 6.50. The number of rotatable bonds is 5. The molecule has 0 N–H and O–H groups in total. The van der Waals surface area contributed by atoms with E-state index >= 15 is 0 Å². The molecule has 0 unspecified atom stereocenters. The summed E-state index contributed by atoms with van der Waals surface area (Å²) in [6, 6.07) is 2.12. The Balaban J connectivity index is 1.50. The number of hydrogen-bond donors (Lipinski definition) is 0. The maximum Gasteiger partial charge on any atom is 0.263 e. The van der Waals surface area contributed by atoms with Gasteiger partial charge in [0.25, 0.3) is 5.91 Å². The Kier molecular flexibility index (Phi) is 6.34. The Morgan fingerprint density at radius 3 is 2.50 bits per heavy atom. The molecule has 3 nitrogen and oxygen atoms in total. The van der Waals surface area contributed by atoms with Crippen molar-refractivity contribution in [3.63, 3.8) is 0 Å². The zero-order chi connectivity index (χ0) is 16.9. The van der Waals surface area contributed by atoms with Crippen molar-refractivity contribution < 1.29 is 9.53 Å². The molecule has 0 bridgehead atoms. The molecular weight excluding hydrogens is 318 g/mol. The van der Waals surface area contributed by atoms with Crippen LogP contribution in [0.15, 0.2) is 6.07 Å². The van der Waals surface area contributed by atoms with Crippen molar-refractivity contribution in [1.29, 1.82) is 0 Å². The van der Waals surface area contributed by atoms with E-state index in [9.17, 15) is 4.79 Å². The topological polar surface area (TPSA) is 29.5 Å². The van der Waals surface area contributed by atoms with Gasteiger partial charge in [0.1, 0.15) is 0 Å². The quantitative estimate of drug-likeness (QED) is 0.751. The van der Waals surface area contributed by atoms with Gasteiger partial charge < -0.3 is 9.64 Å². The highest BCUT2D eigenvalue weighted by molar-refractivity contribution is 7.14. The smallest absolute Gasteiger partial charge is 0.263 e. The number of nitrogens with zero attached hydrogens (tertiary/aromatic N) is 1. The van der Waals surface area contributed by atoms with E-state index in [4.69, 9.17) is 4.74 Å². The molecule has 2 aliphatic rings. The van der Waals surface area contributed by atoms with Gasteiger partial charge in [-0.15, -0.1) is 11.3 Å². The van der Waals surface area contributed by atoms with Crippen molar-refractivity contribution in [3.8, 4) is 0 Å². The number of thiophene rings is 1. The zero-order valence-electron chi connectivity index (χ0n) is 15.2. The molecule has 2 fully saturated rings. The monoisotopic (exact) mass is 349 g/mol. The highest BCUT2D eigenvalue weighted by Crippen LogP contribution is 2.27. The van der Waals surface area contributed by atoms with Gasteiger partial charge in [0.15, 0.2) is 0 Å². The summed E-state index contributed by atoms with van der Waals surface area (Å²) in [5.74, 6) is 0.224. The maximum atomic E-state index is 12.8. The Hall–Kier alpha value is -0.870. The molecule has 1 amide bonds. The van der Waals surface area contributed by atoms with E-state index in [1.165, 1.54) is 42.5 Å². The number of carbonyl (C=O) groups is 1. The van der Waals surface area contributed by atoms with Crippen LogP contribution in [0.3, 0.4) is 0 Å². The van der Waals surface area contributed by atoms with Crippen LogP contribution in [-0.2, 0) is 11.2 Å².